The SMILES string of the molecule is CC(O)CN1CCN(CC(O)CN2CC(C)OC(C)C2)CC1. The van der Waals surface area contributed by atoms with Gasteiger partial charge in [0.2, 0.25) is 0 Å². The van der Waals surface area contributed by atoms with E-state index in [4.69, 9.17) is 4.74 Å². The predicted molar refractivity (Wildman–Crippen MR) is 87.0 cm³/mol. The Morgan fingerprint density at radius 3 is 1.82 bits per heavy atom. The van der Waals surface area contributed by atoms with E-state index in [9.17, 15) is 10.2 Å². The number of ether oxygens (including phenoxy) is 1. The third-order valence-electron chi connectivity index (χ3n) is 4.42. The Kier molecular flexibility index (Phi) is 7.05. The minimum Gasteiger partial charge on any atom is -0.392 e. The maximum Gasteiger partial charge on any atom is 0.0793 e. The lowest BCUT2D eigenvalue weighted by Gasteiger charge is -2.38. The molecule has 0 radical (unpaired) electrons. The fourth-order valence-corrected chi connectivity index (χ4v) is 3.62. The number of hydrogen-bond donors (Lipinski definition) is 2. The first-order valence-corrected chi connectivity index (χ1v) is 8.61. The van der Waals surface area contributed by atoms with Gasteiger partial charge in [0.25, 0.3) is 0 Å². The molecule has 0 aliphatic carbocycles. The van der Waals surface area contributed by atoms with E-state index in [1.807, 2.05) is 6.92 Å². The van der Waals surface area contributed by atoms with E-state index in [0.29, 0.717) is 0 Å². The monoisotopic (exact) mass is 315 g/mol. The number of morpholine rings is 1. The van der Waals surface area contributed by atoms with Gasteiger partial charge in [-0.15, -0.1) is 0 Å². The quantitative estimate of drug-likeness (QED) is 0.686. The molecule has 0 bridgehead atoms. The fraction of sp³-hybridized carbons (Fsp3) is 1.00. The van der Waals surface area contributed by atoms with E-state index in [0.717, 1.165) is 58.9 Å². The maximum absolute atomic E-state index is 10.4. The van der Waals surface area contributed by atoms with E-state index < -0.39 is 0 Å². The summed E-state index contributed by atoms with van der Waals surface area (Å²) in [4.78, 5) is 6.93. The van der Waals surface area contributed by atoms with Gasteiger partial charge in [0, 0.05) is 58.9 Å². The van der Waals surface area contributed by atoms with Crippen molar-refractivity contribution in [2.75, 3.05) is 58.9 Å². The lowest BCUT2D eigenvalue weighted by molar-refractivity contribution is -0.0786. The number of hydrogen-bond acceptors (Lipinski definition) is 6. The average Bonchev–Trinajstić information content (AvgIpc) is 2.39. The van der Waals surface area contributed by atoms with Crippen LogP contribution in [0.4, 0.5) is 0 Å². The number of rotatable bonds is 6. The summed E-state index contributed by atoms with van der Waals surface area (Å²) < 4.78 is 5.73. The van der Waals surface area contributed by atoms with Crippen LogP contribution in [0.5, 0.6) is 0 Å². The largest absolute Gasteiger partial charge is 0.392 e. The van der Waals surface area contributed by atoms with Crippen molar-refractivity contribution in [3.8, 4) is 0 Å². The van der Waals surface area contributed by atoms with Crippen LogP contribution in [0.25, 0.3) is 0 Å². The van der Waals surface area contributed by atoms with E-state index in [1.54, 1.807) is 0 Å². The molecule has 2 rings (SSSR count). The molecule has 0 aromatic heterocycles. The van der Waals surface area contributed by atoms with E-state index in [2.05, 4.69) is 28.5 Å². The number of piperazine rings is 1. The highest BCUT2D eigenvalue weighted by Crippen LogP contribution is 2.11. The molecular weight excluding hydrogens is 282 g/mol. The second-order valence-electron chi connectivity index (χ2n) is 7.08. The van der Waals surface area contributed by atoms with Gasteiger partial charge in [0.15, 0.2) is 0 Å². The molecule has 0 aromatic rings. The summed E-state index contributed by atoms with van der Waals surface area (Å²) in [6.45, 7) is 13.9. The zero-order chi connectivity index (χ0) is 16.1. The minimum absolute atomic E-state index is 0.250. The normalized spacial score (nSPS) is 32.0. The molecule has 0 amide bonds. The Balaban J connectivity index is 1.66. The van der Waals surface area contributed by atoms with Crippen molar-refractivity contribution in [3.05, 3.63) is 0 Å². The zero-order valence-electron chi connectivity index (χ0n) is 14.3. The molecule has 4 unspecified atom stereocenters. The summed E-state index contributed by atoms with van der Waals surface area (Å²) in [6.07, 6.45) is -0.0665. The average molecular weight is 315 g/mol. The minimum atomic E-state index is -0.305. The molecule has 2 N–H and O–H groups in total. The van der Waals surface area contributed by atoms with Gasteiger partial charge in [-0.3, -0.25) is 14.7 Å². The molecule has 2 saturated heterocycles. The Labute approximate surface area is 134 Å². The van der Waals surface area contributed by atoms with Crippen molar-refractivity contribution in [1.29, 1.82) is 0 Å². The first kappa shape index (κ1) is 18.1. The molecule has 0 spiro atoms. The van der Waals surface area contributed by atoms with E-state index in [-0.39, 0.29) is 24.4 Å². The lowest BCUT2D eigenvalue weighted by Crippen LogP contribution is -2.53. The van der Waals surface area contributed by atoms with Crippen LogP contribution in [0.1, 0.15) is 20.8 Å². The molecule has 22 heavy (non-hydrogen) atoms. The van der Waals surface area contributed by atoms with Crippen LogP contribution in [-0.2, 0) is 4.74 Å². The molecule has 4 atom stereocenters. The third-order valence-corrected chi connectivity index (χ3v) is 4.42. The molecule has 2 heterocycles. The van der Waals surface area contributed by atoms with E-state index >= 15 is 0 Å². The van der Waals surface area contributed by atoms with Crippen molar-refractivity contribution >= 4 is 0 Å². The highest BCUT2D eigenvalue weighted by Gasteiger charge is 2.25. The molecule has 130 valence electrons. The van der Waals surface area contributed by atoms with Crippen LogP contribution < -0.4 is 0 Å². The van der Waals surface area contributed by atoms with Gasteiger partial charge >= 0.3 is 0 Å². The van der Waals surface area contributed by atoms with Gasteiger partial charge in [0.05, 0.1) is 24.4 Å². The first-order chi connectivity index (χ1) is 10.4. The highest BCUT2D eigenvalue weighted by molar-refractivity contribution is 4.79. The maximum atomic E-state index is 10.4. The smallest absolute Gasteiger partial charge is 0.0793 e. The summed E-state index contributed by atoms with van der Waals surface area (Å²) in [7, 11) is 0. The van der Waals surface area contributed by atoms with Crippen molar-refractivity contribution < 1.29 is 14.9 Å². The predicted octanol–water partition coefficient (Wildman–Crippen LogP) is -0.545. The molecule has 2 aliphatic heterocycles. The first-order valence-electron chi connectivity index (χ1n) is 8.61. The summed E-state index contributed by atoms with van der Waals surface area (Å²) in [5.41, 5.74) is 0. The third kappa shape index (κ3) is 6.10. The highest BCUT2D eigenvalue weighted by atomic mass is 16.5. The Bertz CT molecular complexity index is 312. The van der Waals surface area contributed by atoms with Crippen LogP contribution in [0.15, 0.2) is 0 Å². The number of β-amino-alcohol motifs (C(OH)–C–C–N with tert-alkyl or cyclic N) is 2. The second-order valence-corrected chi connectivity index (χ2v) is 7.08. The molecular formula is C16H33N3O3. The van der Waals surface area contributed by atoms with Gasteiger partial charge in [-0.05, 0) is 20.8 Å². The van der Waals surface area contributed by atoms with Gasteiger partial charge in [-0.2, -0.15) is 0 Å². The number of aliphatic hydroxyl groups is 2. The lowest BCUT2D eigenvalue weighted by atomic mass is 10.2. The van der Waals surface area contributed by atoms with Crippen LogP contribution in [0.3, 0.4) is 0 Å². The summed E-state index contributed by atoms with van der Waals surface area (Å²) >= 11 is 0. The Morgan fingerprint density at radius 2 is 1.32 bits per heavy atom. The molecule has 6 nitrogen and oxygen atoms in total. The zero-order valence-corrected chi connectivity index (χ0v) is 14.3. The second kappa shape index (κ2) is 8.57. The van der Waals surface area contributed by atoms with Gasteiger partial charge in [-0.25, -0.2) is 0 Å². The van der Waals surface area contributed by atoms with Crippen LogP contribution in [0, 0.1) is 0 Å². The van der Waals surface area contributed by atoms with Crippen molar-refractivity contribution in [2.24, 2.45) is 0 Å². The van der Waals surface area contributed by atoms with Crippen molar-refractivity contribution in [1.82, 2.24) is 14.7 Å². The van der Waals surface area contributed by atoms with Crippen LogP contribution >= 0.6 is 0 Å². The topological polar surface area (TPSA) is 59.4 Å². The van der Waals surface area contributed by atoms with Gasteiger partial charge in [-0.1, -0.05) is 0 Å². The Hall–Kier alpha value is -0.240. The van der Waals surface area contributed by atoms with Crippen LogP contribution in [0.2, 0.25) is 0 Å². The summed E-state index contributed by atoms with van der Waals surface area (Å²) in [5, 5.41) is 19.8. The standard InChI is InChI=1S/C16H33N3O3/c1-13(20)8-17-4-6-18(7-5-17)11-16(21)12-19-9-14(2)22-15(3)10-19/h13-16,20-21H,4-12H2,1-3H3. The summed E-state index contributed by atoms with van der Waals surface area (Å²) in [5.74, 6) is 0. The summed E-state index contributed by atoms with van der Waals surface area (Å²) in [6, 6.07) is 0. The van der Waals surface area contributed by atoms with E-state index in [1.165, 1.54) is 0 Å². The Morgan fingerprint density at radius 1 is 0.864 bits per heavy atom. The van der Waals surface area contributed by atoms with Gasteiger partial charge < -0.3 is 14.9 Å². The molecule has 6 heteroatoms. The van der Waals surface area contributed by atoms with Gasteiger partial charge in [0.1, 0.15) is 0 Å². The van der Waals surface area contributed by atoms with Crippen molar-refractivity contribution in [2.45, 2.75) is 45.2 Å². The molecule has 2 fully saturated rings. The molecule has 2 aliphatic rings. The number of nitrogens with zero attached hydrogens (tertiary/aromatic N) is 3. The molecule has 0 aromatic carbocycles. The van der Waals surface area contributed by atoms with Crippen LogP contribution in [-0.4, -0.2) is 108 Å². The number of aliphatic hydroxyl groups excluding tert-OH is 2. The fourth-order valence-electron chi connectivity index (χ4n) is 3.62. The molecule has 0 saturated carbocycles. The van der Waals surface area contributed by atoms with Crippen molar-refractivity contribution in [3.63, 3.8) is 0 Å².